The number of fused-ring (bicyclic) bond motifs is 1. The summed E-state index contributed by atoms with van der Waals surface area (Å²) in [5.74, 6) is 1.44. The number of ether oxygens (including phenoxy) is 1. The maximum atomic E-state index is 5.47. The van der Waals surface area contributed by atoms with Crippen molar-refractivity contribution in [3.63, 3.8) is 0 Å². The number of rotatable bonds is 5. The van der Waals surface area contributed by atoms with Crippen molar-refractivity contribution >= 4 is 28.1 Å². The van der Waals surface area contributed by atoms with Gasteiger partial charge in [-0.15, -0.1) is 0 Å². The summed E-state index contributed by atoms with van der Waals surface area (Å²) in [6.07, 6.45) is 3.16. The molecule has 3 aromatic carbocycles. The third-order valence-corrected chi connectivity index (χ3v) is 6.03. The zero-order chi connectivity index (χ0) is 22.7. The number of hydrogen-bond acceptors (Lipinski definition) is 7. The van der Waals surface area contributed by atoms with Crippen LogP contribution < -0.4 is 10.2 Å². The first-order chi connectivity index (χ1) is 16.8. The van der Waals surface area contributed by atoms with Crippen molar-refractivity contribution < 1.29 is 4.74 Å². The van der Waals surface area contributed by atoms with E-state index >= 15 is 0 Å². The lowest BCUT2D eigenvalue weighted by molar-refractivity contribution is 0.122. The van der Waals surface area contributed by atoms with Crippen LogP contribution in [0.2, 0.25) is 0 Å². The zero-order valence-electron chi connectivity index (χ0n) is 18.5. The van der Waals surface area contributed by atoms with Crippen LogP contribution in [0.3, 0.4) is 0 Å². The molecule has 0 spiro atoms. The van der Waals surface area contributed by atoms with Crippen molar-refractivity contribution in [2.45, 2.75) is 0 Å². The Labute approximate surface area is 196 Å². The minimum Gasteiger partial charge on any atom is -0.378 e. The summed E-state index contributed by atoms with van der Waals surface area (Å²) >= 11 is 0. The fraction of sp³-hybridized carbons (Fsp3) is 0.154. The molecule has 1 aliphatic heterocycles. The maximum Gasteiger partial charge on any atom is 0.180 e. The van der Waals surface area contributed by atoms with Gasteiger partial charge in [-0.3, -0.25) is 5.10 Å². The number of nitrogens with zero attached hydrogens (tertiary/aromatic N) is 5. The van der Waals surface area contributed by atoms with E-state index in [4.69, 9.17) is 4.74 Å². The number of aromatic amines is 1. The first-order valence-electron chi connectivity index (χ1n) is 11.2. The molecule has 3 heterocycles. The molecule has 0 bridgehead atoms. The number of morpholine rings is 1. The van der Waals surface area contributed by atoms with Crippen molar-refractivity contribution in [3.8, 4) is 22.5 Å². The van der Waals surface area contributed by atoms with Gasteiger partial charge in [0.2, 0.25) is 0 Å². The standard InChI is InChI=1S/C26H23N7O/c1-6-21(7-2-19(1)25-29-17-30-32-25)31-26-23-15-20(5-10-24(23)27-16-28-26)18-3-8-22(9-4-18)33-11-13-34-14-12-33/h1-10,15-17H,11-14H2,(H,27,28,31)(H,29,30,32). The lowest BCUT2D eigenvalue weighted by Crippen LogP contribution is -2.36. The fourth-order valence-corrected chi connectivity index (χ4v) is 4.21. The van der Waals surface area contributed by atoms with E-state index in [1.54, 1.807) is 12.7 Å². The minimum atomic E-state index is 0.670. The Hall–Kier alpha value is -4.30. The van der Waals surface area contributed by atoms with Gasteiger partial charge in [-0.25, -0.2) is 15.0 Å². The van der Waals surface area contributed by atoms with Gasteiger partial charge in [-0.05, 0) is 59.7 Å². The van der Waals surface area contributed by atoms with Crippen molar-refractivity contribution in [2.75, 3.05) is 36.5 Å². The Morgan fingerprint density at radius 3 is 2.32 bits per heavy atom. The first kappa shape index (κ1) is 20.3. The molecule has 0 radical (unpaired) electrons. The third-order valence-electron chi connectivity index (χ3n) is 6.03. The van der Waals surface area contributed by atoms with E-state index in [0.717, 1.165) is 65.4 Å². The minimum absolute atomic E-state index is 0.670. The maximum absolute atomic E-state index is 5.47. The average Bonchev–Trinajstić information content (AvgIpc) is 3.45. The van der Waals surface area contributed by atoms with Crippen molar-refractivity contribution in [1.82, 2.24) is 25.1 Å². The largest absolute Gasteiger partial charge is 0.378 e. The summed E-state index contributed by atoms with van der Waals surface area (Å²) in [7, 11) is 0. The zero-order valence-corrected chi connectivity index (χ0v) is 18.5. The van der Waals surface area contributed by atoms with Gasteiger partial charge in [-0.2, -0.15) is 5.10 Å². The highest BCUT2D eigenvalue weighted by molar-refractivity contribution is 5.94. The summed E-state index contributed by atoms with van der Waals surface area (Å²) in [6, 6.07) is 22.9. The summed E-state index contributed by atoms with van der Waals surface area (Å²) in [6.45, 7) is 3.43. The summed E-state index contributed by atoms with van der Waals surface area (Å²) in [5.41, 5.74) is 6.28. The molecule has 6 rings (SSSR count). The molecule has 8 heteroatoms. The van der Waals surface area contributed by atoms with E-state index in [0.29, 0.717) is 5.82 Å². The quantitative estimate of drug-likeness (QED) is 0.403. The Morgan fingerprint density at radius 1 is 0.794 bits per heavy atom. The Bertz CT molecular complexity index is 1390. The highest BCUT2D eigenvalue weighted by atomic mass is 16.5. The molecule has 1 aliphatic rings. The van der Waals surface area contributed by atoms with Gasteiger partial charge in [-0.1, -0.05) is 18.2 Å². The van der Waals surface area contributed by atoms with Gasteiger partial charge in [0.1, 0.15) is 18.5 Å². The van der Waals surface area contributed by atoms with Crippen LogP contribution in [0.5, 0.6) is 0 Å². The average molecular weight is 450 g/mol. The SMILES string of the molecule is c1nc(Nc2ccc(-c3nc[nH]n3)cc2)c2cc(-c3ccc(N4CCOCC4)cc3)ccc2n1. The molecule has 2 aromatic heterocycles. The van der Waals surface area contributed by atoms with Crippen LogP contribution in [0.1, 0.15) is 0 Å². The highest BCUT2D eigenvalue weighted by Gasteiger charge is 2.12. The molecule has 0 saturated carbocycles. The topological polar surface area (TPSA) is 91.9 Å². The molecule has 1 saturated heterocycles. The molecule has 2 N–H and O–H groups in total. The van der Waals surface area contributed by atoms with Crippen LogP contribution in [0.15, 0.2) is 79.4 Å². The molecular formula is C26H23N7O. The van der Waals surface area contributed by atoms with E-state index < -0.39 is 0 Å². The van der Waals surface area contributed by atoms with Crippen LogP contribution >= 0.6 is 0 Å². The van der Waals surface area contributed by atoms with Gasteiger partial charge in [0.15, 0.2) is 5.82 Å². The van der Waals surface area contributed by atoms with Crippen LogP contribution in [0.25, 0.3) is 33.4 Å². The van der Waals surface area contributed by atoms with Gasteiger partial charge in [0.05, 0.1) is 18.7 Å². The Kier molecular flexibility index (Phi) is 5.33. The predicted octanol–water partition coefficient (Wildman–Crippen LogP) is 4.66. The third kappa shape index (κ3) is 4.06. The predicted molar refractivity (Wildman–Crippen MR) is 133 cm³/mol. The number of aromatic nitrogens is 5. The molecule has 5 aromatic rings. The second-order valence-electron chi connectivity index (χ2n) is 8.13. The number of H-pyrrole nitrogens is 1. The lowest BCUT2D eigenvalue weighted by atomic mass is 10.0. The highest BCUT2D eigenvalue weighted by Crippen LogP contribution is 2.30. The van der Waals surface area contributed by atoms with Crippen molar-refractivity contribution in [1.29, 1.82) is 0 Å². The molecular weight excluding hydrogens is 426 g/mol. The van der Waals surface area contributed by atoms with E-state index in [1.807, 2.05) is 30.3 Å². The number of anilines is 3. The summed E-state index contributed by atoms with van der Waals surface area (Å²) in [4.78, 5) is 15.5. The van der Waals surface area contributed by atoms with Gasteiger partial charge in [0.25, 0.3) is 0 Å². The molecule has 1 fully saturated rings. The Balaban J connectivity index is 1.27. The van der Waals surface area contributed by atoms with E-state index in [2.05, 4.69) is 71.8 Å². The van der Waals surface area contributed by atoms with Crippen LogP contribution in [-0.4, -0.2) is 51.5 Å². The monoisotopic (exact) mass is 449 g/mol. The van der Waals surface area contributed by atoms with Gasteiger partial charge < -0.3 is 15.0 Å². The summed E-state index contributed by atoms with van der Waals surface area (Å²) < 4.78 is 5.47. The van der Waals surface area contributed by atoms with Gasteiger partial charge in [0, 0.05) is 35.4 Å². The molecule has 34 heavy (non-hydrogen) atoms. The van der Waals surface area contributed by atoms with E-state index in [-0.39, 0.29) is 0 Å². The second-order valence-corrected chi connectivity index (χ2v) is 8.13. The Morgan fingerprint density at radius 2 is 1.56 bits per heavy atom. The molecule has 8 nitrogen and oxygen atoms in total. The fourth-order valence-electron chi connectivity index (χ4n) is 4.21. The smallest absolute Gasteiger partial charge is 0.180 e. The van der Waals surface area contributed by atoms with Crippen LogP contribution in [0.4, 0.5) is 17.2 Å². The second kappa shape index (κ2) is 8.92. The normalized spacial score (nSPS) is 13.8. The van der Waals surface area contributed by atoms with E-state index in [9.17, 15) is 0 Å². The molecule has 0 aliphatic carbocycles. The van der Waals surface area contributed by atoms with Crippen LogP contribution in [-0.2, 0) is 4.74 Å². The van der Waals surface area contributed by atoms with Crippen molar-refractivity contribution in [3.05, 3.63) is 79.4 Å². The molecule has 0 atom stereocenters. The van der Waals surface area contributed by atoms with Crippen molar-refractivity contribution in [2.24, 2.45) is 0 Å². The molecule has 0 amide bonds. The first-order valence-corrected chi connectivity index (χ1v) is 11.2. The number of nitrogens with one attached hydrogen (secondary N) is 2. The van der Waals surface area contributed by atoms with E-state index in [1.165, 1.54) is 5.69 Å². The van der Waals surface area contributed by atoms with Crippen LogP contribution in [0, 0.1) is 0 Å². The number of benzene rings is 3. The van der Waals surface area contributed by atoms with Gasteiger partial charge >= 0.3 is 0 Å². The summed E-state index contributed by atoms with van der Waals surface area (Å²) in [5, 5.41) is 11.3. The molecule has 0 unspecified atom stereocenters. The molecule has 168 valence electrons. The lowest BCUT2D eigenvalue weighted by Gasteiger charge is -2.28. The number of hydrogen-bond donors (Lipinski definition) is 2.